The molecule has 136 valence electrons. The van der Waals surface area contributed by atoms with E-state index in [1.54, 1.807) is 19.2 Å². The van der Waals surface area contributed by atoms with Crippen LogP contribution in [0.4, 0.5) is 6.01 Å². The second-order valence-corrected chi connectivity index (χ2v) is 6.17. The summed E-state index contributed by atoms with van der Waals surface area (Å²) in [5.41, 5.74) is 3.42. The zero-order valence-corrected chi connectivity index (χ0v) is 15.1. The maximum absolute atomic E-state index is 12.5. The minimum absolute atomic E-state index is 0.00308. The monoisotopic (exact) mass is 363 g/mol. The van der Waals surface area contributed by atoms with Crippen LogP contribution in [0.25, 0.3) is 22.4 Å². The molecule has 0 unspecified atom stereocenters. The van der Waals surface area contributed by atoms with Gasteiger partial charge in [0.15, 0.2) is 17.1 Å². The molecule has 0 radical (unpaired) electrons. The number of fused-ring (bicyclic) bond motifs is 1. The fraction of sp³-hybridized carbons (Fsp3) is 0.150. The molecule has 2 heterocycles. The first-order valence-electron chi connectivity index (χ1n) is 8.34. The van der Waals surface area contributed by atoms with Crippen molar-refractivity contribution < 1.29 is 18.4 Å². The molecule has 0 saturated carbocycles. The Labute approximate surface area is 155 Å². The molecule has 27 heavy (non-hydrogen) atoms. The van der Waals surface area contributed by atoms with Crippen molar-refractivity contribution in [3.8, 4) is 17.2 Å². The number of hydrogen-bond donors (Lipinski definition) is 1. The number of methoxy groups -OCH3 is 1. The van der Waals surface area contributed by atoms with Gasteiger partial charge in [0.05, 0.1) is 7.11 Å². The average Bonchev–Trinajstić information content (AvgIpc) is 3.30. The van der Waals surface area contributed by atoms with Crippen LogP contribution >= 0.6 is 0 Å². The number of para-hydroxylation sites is 1. The highest BCUT2D eigenvalue weighted by atomic mass is 16.5. The lowest BCUT2D eigenvalue weighted by atomic mass is 10.1. The zero-order valence-electron chi connectivity index (χ0n) is 15.1. The molecule has 0 saturated heterocycles. The normalized spacial score (nSPS) is 10.9. The molecule has 4 rings (SSSR count). The second kappa shape index (κ2) is 6.60. The van der Waals surface area contributed by atoms with Crippen molar-refractivity contribution in [3.05, 3.63) is 59.4 Å². The Hall–Kier alpha value is -3.61. The highest BCUT2D eigenvalue weighted by Gasteiger charge is 2.18. The number of anilines is 1. The predicted molar refractivity (Wildman–Crippen MR) is 99.9 cm³/mol. The summed E-state index contributed by atoms with van der Waals surface area (Å²) in [4.78, 5) is 12.5. The molecule has 1 amide bonds. The van der Waals surface area contributed by atoms with Gasteiger partial charge in [-0.15, -0.1) is 5.10 Å². The molecule has 1 N–H and O–H groups in total. The SMILES string of the molecule is COc1cccc2cc(C(=O)Nc3nnc(-c4cc(C)ccc4C)o3)oc12. The lowest BCUT2D eigenvalue weighted by molar-refractivity contribution is 0.0995. The van der Waals surface area contributed by atoms with E-state index in [-0.39, 0.29) is 11.8 Å². The fourth-order valence-corrected chi connectivity index (χ4v) is 2.82. The Kier molecular flexibility index (Phi) is 4.12. The highest BCUT2D eigenvalue weighted by molar-refractivity contribution is 6.04. The Morgan fingerprint density at radius 2 is 1.93 bits per heavy atom. The van der Waals surface area contributed by atoms with Crippen molar-refractivity contribution in [2.45, 2.75) is 13.8 Å². The van der Waals surface area contributed by atoms with E-state index in [0.717, 1.165) is 22.1 Å². The Balaban J connectivity index is 1.59. The van der Waals surface area contributed by atoms with Crippen LogP contribution in [-0.2, 0) is 0 Å². The highest BCUT2D eigenvalue weighted by Crippen LogP contribution is 2.29. The van der Waals surface area contributed by atoms with Crippen molar-refractivity contribution in [2.75, 3.05) is 12.4 Å². The van der Waals surface area contributed by atoms with Crippen LogP contribution in [-0.4, -0.2) is 23.2 Å². The number of carbonyl (C=O) groups excluding carboxylic acids is 1. The number of nitrogens with zero attached hydrogens (tertiary/aromatic N) is 2. The third-order valence-electron chi connectivity index (χ3n) is 4.22. The number of furan rings is 1. The van der Waals surface area contributed by atoms with E-state index in [1.807, 2.05) is 44.2 Å². The fourth-order valence-electron chi connectivity index (χ4n) is 2.82. The maximum atomic E-state index is 12.5. The minimum Gasteiger partial charge on any atom is -0.493 e. The predicted octanol–water partition coefficient (Wildman–Crippen LogP) is 4.36. The molecule has 0 spiro atoms. The largest absolute Gasteiger partial charge is 0.493 e. The minimum atomic E-state index is -0.482. The maximum Gasteiger partial charge on any atom is 0.322 e. The average molecular weight is 363 g/mol. The summed E-state index contributed by atoms with van der Waals surface area (Å²) < 4.78 is 16.5. The summed E-state index contributed by atoms with van der Waals surface area (Å²) in [6, 6.07) is 13.0. The molecule has 4 aromatic rings. The number of rotatable bonds is 4. The molecule has 0 aliphatic carbocycles. The Morgan fingerprint density at radius 1 is 1.07 bits per heavy atom. The molecule has 0 atom stereocenters. The molecule has 0 aliphatic heterocycles. The van der Waals surface area contributed by atoms with E-state index in [1.165, 1.54) is 0 Å². The molecule has 0 fully saturated rings. The summed E-state index contributed by atoms with van der Waals surface area (Å²) >= 11 is 0. The first-order valence-corrected chi connectivity index (χ1v) is 8.34. The summed E-state index contributed by atoms with van der Waals surface area (Å²) in [7, 11) is 1.55. The summed E-state index contributed by atoms with van der Waals surface area (Å²) in [5.74, 6) is 0.546. The standard InChI is InChI=1S/C20H17N3O4/c1-11-7-8-12(2)14(9-11)19-22-23-20(27-19)21-18(24)16-10-13-5-4-6-15(25-3)17(13)26-16/h4-10H,1-3H3,(H,21,23,24). The molecule has 7 nitrogen and oxygen atoms in total. The van der Waals surface area contributed by atoms with Crippen LogP contribution in [0.2, 0.25) is 0 Å². The zero-order chi connectivity index (χ0) is 19.0. The van der Waals surface area contributed by atoms with Gasteiger partial charge in [-0.1, -0.05) is 34.9 Å². The smallest absolute Gasteiger partial charge is 0.322 e. The molecular formula is C20H17N3O4. The topological polar surface area (TPSA) is 90.4 Å². The van der Waals surface area contributed by atoms with Crippen LogP contribution in [0.3, 0.4) is 0 Å². The lowest BCUT2D eigenvalue weighted by Crippen LogP contribution is -2.10. The number of carbonyl (C=O) groups is 1. The Morgan fingerprint density at radius 3 is 2.74 bits per heavy atom. The van der Waals surface area contributed by atoms with E-state index in [9.17, 15) is 4.79 Å². The molecule has 2 aromatic heterocycles. The molecular weight excluding hydrogens is 346 g/mol. The van der Waals surface area contributed by atoms with E-state index in [2.05, 4.69) is 15.5 Å². The third kappa shape index (κ3) is 3.15. The molecule has 0 bridgehead atoms. The second-order valence-electron chi connectivity index (χ2n) is 6.17. The van der Waals surface area contributed by atoms with Gasteiger partial charge < -0.3 is 13.6 Å². The van der Waals surface area contributed by atoms with Crippen LogP contribution in [0.15, 0.2) is 51.3 Å². The molecule has 7 heteroatoms. The van der Waals surface area contributed by atoms with Crippen LogP contribution in [0, 0.1) is 13.8 Å². The third-order valence-corrected chi connectivity index (χ3v) is 4.22. The van der Waals surface area contributed by atoms with Gasteiger partial charge in [-0.2, -0.15) is 0 Å². The van der Waals surface area contributed by atoms with Gasteiger partial charge in [-0.25, -0.2) is 0 Å². The van der Waals surface area contributed by atoms with Gasteiger partial charge in [-0.05, 0) is 37.6 Å². The van der Waals surface area contributed by atoms with Gasteiger partial charge in [0.1, 0.15) is 0 Å². The summed E-state index contributed by atoms with van der Waals surface area (Å²) in [6.07, 6.45) is 0. The number of amides is 1. The van der Waals surface area contributed by atoms with Crippen molar-refractivity contribution >= 4 is 22.9 Å². The van der Waals surface area contributed by atoms with Gasteiger partial charge in [-0.3, -0.25) is 10.1 Å². The van der Waals surface area contributed by atoms with Crippen molar-refractivity contribution in [2.24, 2.45) is 0 Å². The lowest BCUT2D eigenvalue weighted by Gasteiger charge is -2.02. The number of aryl methyl sites for hydroxylation is 2. The van der Waals surface area contributed by atoms with Crippen LogP contribution < -0.4 is 10.1 Å². The van der Waals surface area contributed by atoms with E-state index >= 15 is 0 Å². The van der Waals surface area contributed by atoms with E-state index in [4.69, 9.17) is 13.6 Å². The number of benzene rings is 2. The summed E-state index contributed by atoms with van der Waals surface area (Å²) in [5, 5.41) is 11.3. The van der Waals surface area contributed by atoms with Gasteiger partial charge in [0, 0.05) is 10.9 Å². The van der Waals surface area contributed by atoms with Crippen molar-refractivity contribution in [3.63, 3.8) is 0 Å². The molecule has 0 aliphatic rings. The number of ether oxygens (including phenoxy) is 1. The van der Waals surface area contributed by atoms with Crippen LogP contribution in [0.1, 0.15) is 21.7 Å². The number of hydrogen-bond acceptors (Lipinski definition) is 6. The number of aromatic nitrogens is 2. The molecule has 2 aromatic carbocycles. The van der Waals surface area contributed by atoms with Gasteiger partial charge >= 0.3 is 6.01 Å². The van der Waals surface area contributed by atoms with E-state index in [0.29, 0.717) is 17.2 Å². The summed E-state index contributed by atoms with van der Waals surface area (Å²) in [6.45, 7) is 3.94. The number of nitrogens with one attached hydrogen (secondary N) is 1. The van der Waals surface area contributed by atoms with Crippen molar-refractivity contribution in [1.82, 2.24) is 10.2 Å². The van der Waals surface area contributed by atoms with Gasteiger partial charge in [0.25, 0.3) is 5.91 Å². The Bertz CT molecular complexity index is 1140. The quantitative estimate of drug-likeness (QED) is 0.579. The van der Waals surface area contributed by atoms with Gasteiger partial charge in [0.2, 0.25) is 5.89 Å². The first kappa shape index (κ1) is 16.8. The van der Waals surface area contributed by atoms with E-state index < -0.39 is 5.91 Å². The van der Waals surface area contributed by atoms with Crippen molar-refractivity contribution in [1.29, 1.82) is 0 Å². The first-order chi connectivity index (χ1) is 13.0. The van der Waals surface area contributed by atoms with Crippen LogP contribution in [0.5, 0.6) is 5.75 Å².